The lowest BCUT2D eigenvalue weighted by molar-refractivity contribution is -0.113. The van der Waals surface area contributed by atoms with Crippen molar-refractivity contribution in [3.63, 3.8) is 0 Å². The molecule has 0 heterocycles. The molecule has 2 aromatic carbocycles. The Morgan fingerprint density at radius 2 is 1.82 bits per heavy atom. The molecular formula is C17H20N2OS2. The van der Waals surface area contributed by atoms with Crippen molar-refractivity contribution in [2.24, 2.45) is 0 Å². The van der Waals surface area contributed by atoms with Gasteiger partial charge in [-0.25, -0.2) is 0 Å². The van der Waals surface area contributed by atoms with Gasteiger partial charge >= 0.3 is 0 Å². The Morgan fingerprint density at radius 3 is 2.50 bits per heavy atom. The Kier molecular flexibility index (Phi) is 6.21. The number of anilines is 1. The van der Waals surface area contributed by atoms with E-state index in [1.807, 2.05) is 36.4 Å². The molecule has 0 saturated heterocycles. The lowest BCUT2D eigenvalue weighted by Gasteiger charge is -2.20. The molecule has 3 nitrogen and oxygen atoms in total. The molecule has 0 unspecified atom stereocenters. The number of thioether (sulfide) groups is 1. The van der Waals surface area contributed by atoms with Crippen LogP contribution >= 0.6 is 24.0 Å². The number of nitrogens with one attached hydrogen (secondary N) is 1. The van der Waals surface area contributed by atoms with E-state index in [9.17, 15) is 4.79 Å². The number of thiocarbonyl (C=S) groups is 1. The molecule has 0 fully saturated rings. The van der Waals surface area contributed by atoms with E-state index in [0.717, 1.165) is 33.9 Å². The Morgan fingerprint density at radius 1 is 1.14 bits per heavy atom. The smallest absolute Gasteiger partial charge is 0.234 e. The summed E-state index contributed by atoms with van der Waals surface area (Å²) in [5, 5.41) is 5.21. The third-order valence-corrected chi connectivity index (χ3v) is 4.91. The van der Waals surface area contributed by atoms with E-state index in [1.54, 1.807) is 0 Å². The second-order valence-electron chi connectivity index (χ2n) is 4.84. The number of carbonyl (C=O) groups excluding carboxylic acids is 1. The molecule has 0 spiro atoms. The van der Waals surface area contributed by atoms with E-state index in [1.165, 1.54) is 11.8 Å². The van der Waals surface area contributed by atoms with Gasteiger partial charge in [-0.05, 0) is 36.8 Å². The number of benzene rings is 2. The van der Waals surface area contributed by atoms with Gasteiger partial charge in [0.2, 0.25) is 5.91 Å². The summed E-state index contributed by atoms with van der Waals surface area (Å²) < 4.78 is 0.777. The van der Waals surface area contributed by atoms with Crippen LogP contribution in [0, 0.1) is 0 Å². The van der Waals surface area contributed by atoms with Crippen molar-refractivity contribution in [1.82, 2.24) is 4.90 Å². The van der Waals surface area contributed by atoms with Crippen LogP contribution in [0.2, 0.25) is 0 Å². The van der Waals surface area contributed by atoms with E-state index in [-0.39, 0.29) is 5.91 Å². The molecule has 0 aliphatic heterocycles. The van der Waals surface area contributed by atoms with Crippen LogP contribution in [0.5, 0.6) is 0 Å². The molecule has 1 amide bonds. The summed E-state index contributed by atoms with van der Waals surface area (Å²) in [6.07, 6.45) is 0. The first kappa shape index (κ1) is 16.8. The van der Waals surface area contributed by atoms with E-state index >= 15 is 0 Å². The molecule has 116 valence electrons. The van der Waals surface area contributed by atoms with Crippen LogP contribution in [0.4, 0.5) is 5.69 Å². The van der Waals surface area contributed by atoms with Crippen molar-refractivity contribution in [1.29, 1.82) is 0 Å². The molecule has 0 radical (unpaired) electrons. The molecule has 0 aliphatic rings. The number of hydrogen-bond acceptors (Lipinski definition) is 3. The third kappa shape index (κ3) is 4.45. The van der Waals surface area contributed by atoms with Gasteiger partial charge in [-0.1, -0.05) is 54.3 Å². The van der Waals surface area contributed by atoms with Gasteiger partial charge in [0.25, 0.3) is 0 Å². The van der Waals surface area contributed by atoms with Gasteiger partial charge in [-0.15, -0.1) is 0 Å². The van der Waals surface area contributed by atoms with Crippen LogP contribution in [0.25, 0.3) is 10.8 Å². The topological polar surface area (TPSA) is 32.3 Å². The fourth-order valence-electron chi connectivity index (χ4n) is 2.16. The van der Waals surface area contributed by atoms with E-state index in [4.69, 9.17) is 12.2 Å². The molecule has 22 heavy (non-hydrogen) atoms. The van der Waals surface area contributed by atoms with Gasteiger partial charge in [0.15, 0.2) is 0 Å². The fourth-order valence-corrected chi connectivity index (χ4v) is 3.37. The second-order valence-corrected chi connectivity index (χ2v) is 6.45. The molecular weight excluding hydrogens is 312 g/mol. The first-order valence-corrected chi connectivity index (χ1v) is 8.73. The zero-order valence-electron chi connectivity index (χ0n) is 12.8. The molecule has 0 bridgehead atoms. The predicted octanol–water partition coefficient (Wildman–Crippen LogP) is 4.14. The van der Waals surface area contributed by atoms with Crippen molar-refractivity contribution in [3.05, 3.63) is 42.5 Å². The van der Waals surface area contributed by atoms with E-state index < -0.39 is 0 Å². The minimum absolute atomic E-state index is 0.0326. The predicted molar refractivity (Wildman–Crippen MR) is 101 cm³/mol. The molecule has 0 aliphatic carbocycles. The zero-order chi connectivity index (χ0) is 15.9. The second kappa shape index (κ2) is 8.15. The average molecular weight is 332 g/mol. The highest BCUT2D eigenvalue weighted by Gasteiger charge is 2.09. The summed E-state index contributed by atoms with van der Waals surface area (Å²) in [6, 6.07) is 14.0. The molecule has 2 rings (SSSR count). The molecule has 1 N–H and O–H groups in total. The number of fused-ring (bicyclic) bond motifs is 1. The van der Waals surface area contributed by atoms with Gasteiger partial charge < -0.3 is 10.2 Å². The standard InChI is InChI=1S/C17H20N2OS2/c1-3-19(4-2)17(21)22-12-16(20)18-15-10-9-13-7-5-6-8-14(13)11-15/h5-11H,3-4,12H2,1-2H3,(H,18,20). The number of amides is 1. The van der Waals surface area contributed by atoms with Crippen LogP contribution in [-0.4, -0.2) is 34.0 Å². The summed E-state index contributed by atoms with van der Waals surface area (Å²) in [6.45, 7) is 5.86. The lowest BCUT2D eigenvalue weighted by Crippen LogP contribution is -2.28. The highest BCUT2D eigenvalue weighted by Crippen LogP contribution is 2.19. The van der Waals surface area contributed by atoms with Gasteiger partial charge in [0.1, 0.15) is 4.32 Å². The van der Waals surface area contributed by atoms with Crippen LogP contribution in [0.3, 0.4) is 0 Å². The third-order valence-electron chi connectivity index (χ3n) is 3.38. The molecule has 5 heteroatoms. The van der Waals surface area contributed by atoms with Crippen molar-refractivity contribution in [3.8, 4) is 0 Å². The highest BCUT2D eigenvalue weighted by molar-refractivity contribution is 8.23. The summed E-state index contributed by atoms with van der Waals surface area (Å²) in [4.78, 5) is 14.1. The fraction of sp³-hybridized carbons (Fsp3) is 0.294. The minimum Gasteiger partial charge on any atom is -0.358 e. The van der Waals surface area contributed by atoms with Crippen molar-refractivity contribution >= 4 is 50.7 Å². The minimum atomic E-state index is -0.0326. The van der Waals surface area contributed by atoms with Crippen LogP contribution < -0.4 is 5.32 Å². The molecule has 0 saturated carbocycles. The monoisotopic (exact) mass is 332 g/mol. The van der Waals surface area contributed by atoms with Crippen LogP contribution in [-0.2, 0) is 4.79 Å². The number of rotatable bonds is 5. The summed E-state index contributed by atoms with van der Waals surface area (Å²) >= 11 is 6.74. The maximum Gasteiger partial charge on any atom is 0.234 e. The first-order valence-electron chi connectivity index (χ1n) is 7.34. The summed E-state index contributed by atoms with van der Waals surface area (Å²) in [7, 11) is 0. The Bertz CT molecular complexity index is 669. The van der Waals surface area contributed by atoms with Gasteiger partial charge in [-0.3, -0.25) is 4.79 Å². The molecule has 2 aromatic rings. The lowest BCUT2D eigenvalue weighted by atomic mass is 10.1. The Balaban J connectivity index is 1.92. The Labute approximate surface area is 141 Å². The van der Waals surface area contributed by atoms with Gasteiger partial charge in [-0.2, -0.15) is 0 Å². The summed E-state index contributed by atoms with van der Waals surface area (Å²) in [5.41, 5.74) is 0.818. The van der Waals surface area contributed by atoms with Crippen LogP contribution in [0.1, 0.15) is 13.8 Å². The highest BCUT2D eigenvalue weighted by atomic mass is 32.2. The maximum absolute atomic E-state index is 12.0. The van der Waals surface area contributed by atoms with Gasteiger partial charge in [0, 0.05) is 18.8 Å². The van der Waals surface area contributed by atoms with Crippen molar-refractivity contribution in [2.45, 2.75) is 13.8 Å². The van der Waals surface area contributed by atoms with E-state index in [0.29, 0.717) is 5.75 Å². The summed E-state index contributed by atoms with van der Waals surface area (Å²) in [5.74, 6) is 0.303. The molecule has 0 atom stereocenters. The largest absolute Gasteiger partial charge is 0.358 e. The molecule has 0 aromatic heterocycles. The van der Waals surface area contributed by atoms with Gasteiger partial charge in [0.05, 0.1) is 5.75 Å². The maximum atomic E-state index is 12.0. The number of hydrogen-bond donors (Lipinski definition) is 1. The SMILES string of the molecule is CCN(CC)C(=S)SCC(=O)Nc1ccc2ccccc2c1. The first-order chi connectivity index (χ1) is 10.6. The zero-order valence-corrected chi connectivity index (χ0v) is 14.5. The quantitative estimate of drug-likeness (QED) is 0.834. The van der Waals surface area contributed by atoms with Crippen molar-refractivity contribution in [2.75, 3.05) is 24.2 Å². The Hall–Kier alpha value is -1.59. The van der Waals surface area contributed by atoms with Crippen LogP contribution in [0.15, 0.2) is 42.5 Å². The van der Waals surface area contributed by atoms with Crippen molar-refractivity contribution < 1.29 is 4.79 Å². The van der Waals surface area contributed by atoms with E-state index in [2.05, 4.69) is 30.1 Å². The normalized spacial score (nSPS) is 10.5. The number of carbonyl (C=O) groups is 1. The number of nitrogens with zero attached hydrogens (tertiary/aromatic N) is 1. The average Bonchev–Trinajstić information content (AvgIpc) is 2.54.